The third-order valence-electron chi connectivity index (χ3n) is 2.48. The number of nitrogens with one attached hydrogen (secondary N) is 1. The Labute approximate surface area is 105 Å². The van der Waals surface area contributed by atoms with Gasteiger partial charge in [0.05, 0.1) is 12.2 Å². The fraction of sp³-hybridized carbons (Fsp3) is 0.167. The third-order valence-corrected chi connectivity index (χ3v) is 2.76. The summed E-state index contributed by atoms with van der Waals surface area (Å²) in [5, 5.41) is 3.70. The molecule has 0 saturated carbocycles. The summed E-state index contributed by atoms with van der Waals surface area (Å²) < 4.78 is 0. The molecule has 88 valence electrons. The van der Waals surface area contributed by atoms with E-state index in [9.17, 15) is 0 Å². The van der Waals surface area contributed by atoms with Gasteiger partial charge in [0.1, 0.15) is 17.2 Å². The van der Waals surface area contributed by atoms with Crippen LogP contribution in [0.2, 0.25) is 5.02 Å². The van der Waals surface area contributed by atoms with Gasteiger partial charge < -0.3 is 11.1 Å². The molecular weight excluding hydrogens is 236 g/mol. The maximum Gasteiger partial charge on any atom is 0.148 e. The summed E-state index contributed by atoms with van der Waals surface area (Å²) >= 11 is 5.98. The van der Waals surface area contributed by atoms with Crippen LogP contribution in [0.25, 0.3) is 0 Å². The maximum absolute atomic E-state index is 5.98. The van der Waals surface area contributed by atoms with Crippen molar-refractivity contribution in [3.63, 3.8) is 0 Å². The van der Waals surface area contributed by atoms with Gasteiger partial charge in [-0.2, -0.15) is 0 Å². The summed E-state index contributed by atoms with van der Waals surface area (Å²) in [5.74, 6) is 0.609. The van der Waals surface area contributed by atoms with Gasteiger partial charge in [-0.25, -0.2) is 9.97 Å². The molecule has 2 aromatic rings. The summed E-state index contributed by atoms with van der Waals surface area (Å²) in [6.07, 6.45) is 3.01. The Kier molecular flexibility index (Phi) is 3.44. The molecule has 1 aromatic carbocycles. The van der Waals surface area contributed by atoms with Gasteiger partial charge in [0.25, 0.3) is 0 Å². The highest BCUT2D eigenvalue weighted by atomic mass is 35.5. The van der Waals surface area contributed by atoms with E-state index in [1.807, 2.05) is 31.2 Å². The molecule has 0 spiro atoms. The first kappa shape index (κ1) is 11.7. The molecule has 0 radical (unpaired) electrons. The molecule has 0 fully saturated rings. The second kappa shape index (κ2) is 5.01. The SMILES string of the molecule is CC(Nc1ncncc1Cl)c1ccccc1N. The number of anilines is 2. The minimum atomic E-state index is 0.0311. The van der Waals surface area contributed by atoms with E-state index in [1.165, 1.54) is 6.33 Å². The lowest BCUT2D eigenvalue weighted by molar-refractivity contribution is 0.875. The topological polar surface area (TPSA) is 63.8 Å². The van der Waals surface area contributed by atoms with Crippen LogP contribution in [0.5, 0.6) is 0 Å². The van der Waals surface area contributed by atoms with Gasteiger partial charge in [0.2, 0.25) is 0 Å². The molecule has 2 rings (SSSR count). The minimum Gasteiger partial charge on any atom is -0.398 e. The summed E-state index contributed by atoms with van der Waals surface area (Å²) in [4.78, 5) is 7.91. The monoisotopic (exact) mass is 248 g/mol. The van der Waals surface area contributed by atoms with E-state index in [0.29, 0.717) is 10.8 Å². The lowest BCUT2D eigenvalue weighted by Gasteiger charge is -2.17. The van der Waals surface area contributed by atoms with Crippen LogP contribution >= 0.6 is 11.6 Å². The van der Waals surface area contributed by atoms with Gasteiger partial charge in [0.15, 0.2) is 0 Å². The van der Waals surface area contributed by atoms with Crippen molar-refractivity contribution >= 4 is 23.1 Å². The van der Waals surface area contributed by atoms with Gasteiger partial charge in [-0.05, 0) is 18.6 Å². The van der Waals surface area contributed by atoms with E-state index in [-0.39, 0.29) is 6.04 Å². The lowest BCUT2D eigenvalue weighted by atomic mass is 10.1. The first-order valence-electron chi connectivity index (χ1n) is 5.25. The van der Waals surface area contributed by atoms with Crippen molar-refractivity contribution in [1.29, 1.82) is 0 Å². The van der Waals surface area contributed by atoms with Crippen molar-refractivity contribution in [3.8, 4) is 0 Å². The molecule has 3 N–H and O–H groups in total. The molecule has 1 heterocycles. The van der Waals surface area contributed by atoms with E-state index in [2.05, 4.69) is 15.3 Å². The van der Waals surface area contributed by atoms with Crippen LogP contribution in [0, 0.1) is 0 Å². The van der Waals surface area contributed by atoms with Crippen LogP contribution in [0.1, 0.15) is 18.5 Å². The highest BCUT2D eigenvalue weighted by Gasteiger charge is 2.10. The average Bonchev–Trinajstić information content (AvgIpc) is 2.32. The van der Waals surface area contributed by atoms with Crippen LogP contribution in [0.4, 0.5) is 11.5 Å². The lowest BCUT2D eigenvalue weighted by Crippen LogP contribution is -2.10. The first-order chi connectivity index (χ1) is 8.18. The first-order valence-corrected chi connectivity index (χ1v) is 5.62. The van der Waals surface area contributed by atoms with Crippen LogP contribution in [-0.2, 0) is 0 Å². The quantitative estimate of drug-likeness (QED) is 0.820. The molecule has 0 aliphatic rings. The van der Waals surface area contributed by atoms with Gasteiger partial charge in [-0.15, -0.1) is 0 Å². The number of para-hydroxylation sites is 1. The van der Waals surface area contributed by atoms with Crippen molar-refractivity contribution < 1.29 is 0 Å². The number of hydrogen-bond donors (Lipinski definition) is 2. The van der Waals surface area contributed by atoms with Gasteiger partial charge in [-0.1, -0.05) is 29.8 Å². The molecule has 0 saturated heterocycles. The predicted octanol–water partition coefficient (Wildman–Crippen LogP) is 2.89. The Morgan fingerprint density at radius 3 is 2.82 bits per heavy atom. The molecule has 0 aliphatic carbocycles. The van der Waals surface area contributed by atoms with Crippen LogP contribution in [-0.4, -0.2) is 9.97 Å². The van der Waals surface area contributed by atoms with E-state index in [1.54, 1.807) is 6.20 Å². The second-order valence-electron chi connectivity index (χ2n) is 3.71. The Bertz CT molecular complexity index is 515. The summed E-state index contributed by atoms with van der Waals surface area (Å²) in [6.45, 7) is 2.00. The molecule has 0 bridgehead atoms. The van der Waals surface area contributed by atoms with Crippen LogP contribution < -0.4 is 11.1 Å². The van der Waals surface area contributed by atoms with Crippen molar-refractivity contribution in [2.24, 2.45) is 0 Å². The molecule has 5 heteroatoms. The fourth-order valence-corrected chi connectivity index (χ4v) is 1.77. The zero-order chi connectivity index (χ0) is 12.3. The number of hydrogen-bond acceptors (Lipinski definition) is 4. The van der Waals surface area contributed by atoms with Crippen LogP contribution in [0.15, 0.2) is 36.8 Å². The van der Waals surface area contributed by atoms with Gasteiger partial charge in [0, 0.05) is 5.69 Å². The Hall–Kier alpha value is -1.81. The number of aromatic nitrogens is 2. The fourth-order valence-electron chi connectivity index (χ4n) is 1.61. The van der Waals surface area contributed by atoms with Crippen molar-refractivity contribution in [3.05, 3.63) is 47.4 Å². The Morgan fingerprint density at radius 1 is 1.35 bits per heavy atom. The molecule has 1 aromatic heterocycles. The molecule has 1 atom stereocenters. The molecule has 1 unspecified atom stereocenters. The molecule has 4 nitrogen and oxygen atoms in total. The maximum atomic E-state index is 5.98. The number of benzene rings is 1. The summed E-state index contributed by atoms with van der Waals surface area (Å²) in [7, 11) is 0. The largest absolute Gasteiger partial charge is 0.398 e. The van der Waals surface area contributed by atoms with Gasteiger partial charge >= 0.3 is 0 Å². The predicted molar refractivity (Wildman–Crippen MR) is 69.9 cm³/mol. The van der Waals surface area contributed by atoms with E-state index < -0.39 is 0 Å². The molecule has 17 heavy (non-hydrogen) atoms. The molecule has 0 aliphatic heterocycles. The van der Waals surface area contributed by atoms with Crippen LogP contribution in [0.3, 0.4) is 0 Å². The smallest absolute Gasteiger partial charge is 0.148 e. The number of nitrogen functional groups attached to an aromatic ring is 1. The standard InChI is InChI=1S/C12H13ClN4/c1-8(9-4-2-3-5-11(9)14)17-12-10(13)6-15-7-16-12/h2-8H,14H2,1H3,(H,15,16,17). The Balaban J connectivity index is 2.20. The number of rotatable bonds is 3. The summed E-state index contributed by atoms with van der Waals surface area (Å²) in [6, 6.07) is 7.73. The van der Waals surface area contributed by atoms with Crippen molar-refractivity contribution in [2.45, 2.75) is 13.0 Å². The van der Waals surface area contributed by atoms with E-state index in [0.717, 1.165) is 11.3 Å². The van der Waals surface area contributed by atoms with Crippen molar-refractivity contribution in [1.82, 2.24) is 9.97 Å². The van der Waals surface area contributed by atoms with E-state index in [4.69, 9.17) is 17.3 Å². The number of nitrogens with two attached hydrogens (primary N) is 1. The second-order valence-corrected chi connectivity index (χ2v) is 4.12. The normalized spacial score (nSPS) is 12.1. The highest BCUT2D eigenvalue weighted by Crippen LogP contribution is 2.25. The molecular formula is C12H13ClN4. The zero-order valence-electron chi connectivity index (χ0n) is 9.39. The molecule has 0 amide bonds. The zero-order valence-corrected chi connectivity index (χ0v) is 10.1. The number of halogens is 1. The number of nitrogens with zero attached hydrogens (tertiary/aromatic N) is 2. The average molecular weight is 249 g/mol. The highest BCUT2D eigenvalue weighted by molar-refractivity contribution is 6.32. The Morgan fingerprint density at radius 2 is 2.12 bits per heavy atom. The van der Waals surface area contributed by atoms with E-state index >= 15 is 0 Å². The minimum absolute atomic E-state index is 0.0311. The van der Waals surface area contributed by atoms with Gasteiger partial charge in [-0.3, -0.25) is 0 Å². The van der Waals surface area contributed by atoms with Crippen molar-refractivity contribution in [2.75, 3.05) is 11.1 Å². The third kappa shape index (κ3) is 2.65. The summed E-state index contributed by atoms with van der Waals surface area (Å²) in [5.41, 5.74) is 7.67.